The van der Waals surface area contributed by atoms with E-state index < -0.39 is 0 Å². The molecule has 0 radical (unpaired) electrons. The minimum absolute atomic E-state index is 0.790. The quantitative estimate of drug-likeness (QED) is 0.309. The fraction of sp³-hybridized carbons (Fsp3) is 0.571. The first-order valence-corrected chi connectivity index (χ1v) is 9.53. The van der Waals surface area contributed by atoms with Gasteiger partial charge in [0.05, 0.1) is 0 Å². The average molecular weight is 354 g/mol. The normalized spacial score (nSPS) is 11.7. The van der Waals surface area contributed by atoms with Crippen LogP contribution in [-0.2, 0) is 13.0 Å². The van der Waals surface area contributed by atoms with Gasteiger partial charge in [-0.05, 0) is 6.42 Å². The van der Waals surface area contributed by atoms with E-state index in [-0.39, 0.29) is 0 Å². The molecule has 2 rings (SSSR count). The SMILES string of the molecule is CCc1nncn1CCNC(=NC)NCCCSc1nccs1. The van der Waals surface area contributed by atoms with Crippen LogP contribution in [0, 0.1) is 0 Å². The first-order valence-electron chi connectivity index (χ1n) is 7.67. The fourth-order valence-electron chi connectivity index (χ4n) is 1.97. The topological polar surface area (TPSA) is 80.0 Å². The van der Waals surface area contributed by atoms with Crippen LogP contribution in [0.15, 0.2) is 27.2 Å². The summed E-state index contributed by atoms with van der Waals surface area (Å²) < 4.78 is 3.19. The summed E-state index contributed by atoms with van der Waals surface area (Å²) in [4.78, 5) is 8.49. The minimum Gasteiger partial charge on any atom is -0.356 e. The molecule has 7 nitrogen and oxygen atoms in total. The van der Waals surface area contributed by atoms with E-state index in [2.05, 4.69) is 42.3 Å². The smallest absolute Gasteiger partial charge is 0.191 e. The Labute approximate surface area is 145 Å². The van der Waals surface area contributed by atoms with Crippen LogP contribution in [0.2, 0.25) is 0 Å². The van der Waals surface area contributed by atoms with Crippen LogP contribution in [0.3, 0.4) is 0 Å². The van der Waals surface area contributed by atoms with Crippen molar-refractivity contribution in [2.45, 2.75) is 30.6 Å². The number of hydrogen-bond donors (Lipinski definition) is 2. The van der Waals surface area contributed by atoms with Crippen molar-refractivity contribution in [1.29, 1.82) is 0 Å². The lowest BCUT2D eigenvalue weighted by atomic mass is 10.4. The van der Waals surface area contributed by atoms with E-state index in [0.29, 0.717) is 0 Å². The van der Waals surface area contributed by atoms with E-state index >= 15 is 0 Å². The highest BCUT2D eigenvalue weighted by atomic mass is 32.2. The van der Waals surface area contributed by atoms with Crippen LogP contribution < -0.4 is 10.6 Å². The second kappa shape index (κ2) is 10.2. The Morgan fingerprint density at radius 2 is 2.26 bits per heavy atom. The average Bonchev–Trinajstić information content (AvgIpc) is 3.24. The van der Waals surface area contributed by atoms with Gasteiger partial charge >= 0.3 is 0 Å². The van der Waals surface area contributed by atoms with Crippen molar-refractivity contribution < 1.29 is 0 Å². The van der Waals surface area contributed by atoms with Crippen LogP contribution in [0.25, 0.3) is 0 Å². The van der Waals surface area contributed by atoms with Crippen LogP contribution in [-0.4, -0.2) is 51.6 Å². The highest BCUT2D eigenvalue weighted by Gasteiger charge is 2.02. The summed E-state index contributed by atoms with van der Waals surface area (Å²) in [6.07, 6.45) is 5.57. The van der Waals surface area contributed by atoms with Gasteiger partial charge in [-0.3, -0.25) is 4.99 Å². The zero-order valence-electron chi connectivity index (χ0n) is 13.5. The largest absolute Gasteiger partial charge is 0.356 e. The van der Waals surface area contributed by atoms with Gasteiger partial charge in [0.2, 0.25) is 0 Å². The molecule has 0 spiro atoms. The predicted molar refractivity (Wildman–Crippen MR) is 96.2 cm³/mol. The Balaban J connectivity index is 1.58. The molecular weight excluding hydrogens is 330 g/mol. The molecule has 0 atom stereocenters. The number of aromatic nitrogens is 4. The Morgan fingerprint density at radius 3 is 3.00 bits per heavy atom. The summed E-state index contributed by atoms with van der Waals surface area (Å²) >= 11 is 3.48. The van der Waals surface area contributed by atoms with Crippen LogP contribution in [0.1, 0.15) is 19.2 Å². The van der Waals surface area contributed by atoms with Crippen LogP contribution in [0.4, 0.5) is 0 Å². The highest BCUT2D eigenvalue weighted by Crippen LogP contribution is 2.20. The lowest BCUT2D eigenvalue weighted by molar-refractivity contribution is 0.632. The molecule has 23 heavy (non-hydrogen) atoms. The number of nitrogens with one attached hydrogen (secondary N) is 2. The van der Waals surface area contributed by atoms with Crippen molar-refractivity contribution in [3.63, 3.8) is 0 Å². The van der Waals surface area contributed by atoms with E-state index in [4.69, 9.17) is 0 Å². The van der Waals surface area contributed by atoms with Gasteiger partial charge < -0.3 is 15.2 Å². The number of guanidine groups is 1. The summed E-state index contributed by atoms with van der Waals surface area (Å²) in [5.41, 5.74) is 0. The number of hydrogen-bond acceptors (Lipinski definition) is 6. The second-order valence-corrected chi connectivity index (χ2v) is 6.96. The molecule has 0 bridgehead atoms. The minimum atomic E-state index is 0.790. The van der Waals surface area contributed by atoms with Crippen LogP contribution >= 0.6 is 23.1 Å². The number of nitrogens with zero attached hydrogens (tertiary/aromatic N) is 5. The first-order chi connectivity index (χ1) is 11.3. The Bertz CT molecular complexity index is 580. The predicted octanol–water partition coefficient (Wildman–Crippen LogP) is 1.64. The van der Waals surface area contributed by atoms with Crippen molar-refractivity contribution in [2.24, 2.45) is 4.99 Å². The summed E-state index contributed by atoms with van der Waals surface area (Å²) in [5, 5.41) is 16.7. The maximum atomic E-state index is 4.26. The molecule has 0 amide bonds. The van der Waals surface area contributed by atoms with E-state index in [1.165, 1.54) is 0 Å². The Morgan fingerprint density at radius 1 is 1.39 bits per heavy atom. The monoisotopic (exact) mass is 353 g/mol. The molecular formula is C14H23N7S2. The number of thiazole rings is 1. The highest BCUT2D eigenvalue weighted by molar-refractivity contribution is 8.00. The summed E-state index contributed by atoms with van der Waals surface area (Å²) in [5.74, 6) is 2.89. The Hall–Kier alpha value is -1.61. The number of thioether (sulfide) groups is 1. The lowest BCUT2D eigenvalue weighted by Gasteiger charge is -2.12. The molecule has 0 aromatic carbocycles. The van der Waals surface area contributed by atoms with Gasteiger partial charge in [-0.1, -0.05) is 18.7 Å². The van der Waals surface area contributed by atoms with Gasteiger partial charge in [0.1, 0.15) is 16.5 Å². The molecule has 9 heteroatoms. The van der Waals surface area contributed by atoms with Crippen molar-refractivity contribution in [3.8, 4) is 0 Å². The van der Waals surface area contributed by atoms with Gasteiger partial charge in [0.25, 0.3) is 0 Å². The van der Waals surface area contributed by atoms with Crippen molar-refractivity contribution in [1.82, 2.24) is 30.4 Å². The van der Waals surface area contributed by atoms with Gasteiger partial charge in [-0.15, -0.1) is 21.5 Å². The van der Waals surface area contributed by atoms with E-state index in [9.17, 15) is 0 Å². The van der Waals surface area contributed by atoms with Gasteiger partial charge in [-0.2, -0.15) is 0 Å². The molecule has 0 fully saturated rings. The molecule has 2 aromatic rings. The maximum absolute atomic E-state index is 4.26. The molecule has 0 saturated carbocycles. The van der Waals surface area contributed by atoms with Gasteiger partial charge in [-0.25, -0.2) is 4.98 Å². The molecule has 0 aliphatic heterocycles. The molecule has 0 aliphatic carbocycles. The number of aryl methyl sites for hydroxylation is 1. The summed E-state index contributed by atoms with van der Waals surface area (Å²) in [6, 6.07) is 0. The zero-order valence-corrected chi connectivity index (χ0v) is 15.2. The zero-order chi connectivity index (χ0) is 16.3. The van der Waals surface area contributed by atoms with E-state index in [1.54, 1.807) is 36.5 Å². The fourth-order valence-corrected chi connectivity index (χ4v) is 3.62. The molecule has 0 saturated heterocycles. The van der Waals surface area contributed by atoms with Crippen molar-refractivity contribution in [2.75, 3.05) is 25.9 Å². The number of aliphatic imine (C=N–C) groups is 1. The third-order valence-electron chi connectivity index (χ3n) is 3.13. The van der Waals surface area contributed by atoms with Crippen molar-refractivity contribution >= 4 is 29.1 Å². The molecule has 0 aliphatic rings. The molecule has 2 N–H and O–H groups in total. The lowest BCUT2D eigenvalue weighted by Crippen LogP contribution is -2.39. The molecule has 2 aromatic heterocycles. The second-order valence-electron chi connectivity index (χ2n) is 4.72. The Kier molecular flexibility index (Phi) is 7.88. The third-order valence-corrected chi connectivity index (χ3v) is 5.18. The van der Waals surface area contributed by atoms with E-state index in [0.717, 1.165) is 54.4 Å². The third kappa shape index (κ3) is 6.19. The summed E-state index contributed by atoms with van der Waals surface area (Å²) in [6.45, 7) is 4.60. The molecule has 126 valence electrons. The molecule has 2 heterocycles. The van der Waals surface area contributed by atoms with Gasteiger partial charge in [0.15, 0.2) is 5.96 Å². The van der Waals surface area contributed by atoms with Gasteiger partial charge in [0, 0.05) is 50.4 Å². The van der Waals surface area contributed by atoms with Crippen molar-refractivity contribution in [3.05, 3.63) is 23.7 Å². The molecule has 0 unspecified atom stereocenters. The summed E-state index contributed by atoms with van der Waals surface area (Å²) in [7, 11) is 1.79. The number of rotatable bonds is 9. The van der Waals surface area contributed by atoms with E-state index in [1.807, 2.05) is 11.6 Å². The first kappa shape index (κ1) is 17.7. The van der Waals surface area contributed by atoms with Crippen LogP contribution in [0.5, 0.6) is 0 Å². The maximum Gasteiger partial charge on any atom is 0.191 e. The standard InChI is InChI=1S/C14H23N7S2/c1-3-12-20-19-11-21(12)8-6-17-13(15-2)16-5-4-9-22-14-18-7-10-23-14/h7,10-11H,3-6,8-9H2,1-2H3,(H2,15,16,17).